The summed E-state index contributed by atoms with van der Waals surface area (Å²) in [6, 6.07) is 11.2. The summed E-state index contributed by atoms with van der Waals surface area (Å²) in [7, 11) is 2.25. The molecule has 0 bridgehead atoms. The van der Waals surface area contributed by atoms with E-state index in [9.17, 15) is 4.79 Å². The maximum atomic E-state index is 12.4. The third-order valence-electron chi connectivity index (χ3n) is 7.96. The Morgan fingerprint density at radius 2 is 1.56 bits per heavy atom. The van der Waals surface area contributed by atoms with Gasteiger partial charge in [0.2, 0.25) is 20.0 Å². The molecule has 3 rings (SSSR count). The number of carbonyl (C=O) groups is 1. The van der Waals surface area contributed by atoms with Gasteiger partial charge in [0, 0.05) is 23.6 Å². The minimum Gasteiger partial charge on any atom is -0.493 e. The van der Waals surface area contributed by atoms with E-state index in [1.54, 1.807) is 21.1 Å². The van der Waals surface area contributed by atoms with Crippen molar-refractivity contribution in [2.75, 3.05) is 27.6 Å². The van der Waals surface area contributed by atoms with Crippen LogP contribution in [0.1, 0.15) is 71.6 Å². The van der Waals surface area contributed by atoms with Gasteiger partial charge in [0.25, 0.3) is 0 Å². The van der Waals surface area contributed by atoms with E-state index in [-0.39, 0.29) is 6.10 Å². The summed E-state index contributed by atoms with van der Waals surface area (Å²) in [5, 5.41) is 4.37. The monoisotopic (exact) mass is 654 g/mol. The molecule has 244 valence electrons. The fourth-order valence-electron chi connectivity index (χ4n) is 6.00. The lowest BCUT2D eigenvalue weighted by Crippen LogP contribution is -2.48. The fraction of sp³-hybridized carbons (Fsp3) is 0.485. The highest BCUT2D eigenvalue weighted by Gasteiger charge is 2.46. The summed E-state index contributed by atoms with van der Waals surface area (Å²) in [6.45, 7) is 17.4. The average Bonchev–Trinajstić information content (AvgIpc) is 3.46. The predicted molar refractivity (Wildman–Crippen MR) is 184 cm³/mol. The highest BCUT2D eigenvalue weighted by Crippen LogP contribution is 2.47. The Kier molecular flexibility index (Phi) is 12.5. The van der Waals surface area contributed by atoms with Gasteiger partial charge in [0.15, 0.2) is 11.5 Å². The van der Waals surface area contributed by atoms with Crippen molar-refractivity contribution < 1.29 is 28.0 Å². The third-order valence-corrected chi connectivity index (χ3v) is 14.8. The molecule has 2 aromatic carbocycles. The fourth-order valence-corrected chi connectivity index (χ4v) is 12.1. The van der Waals surface area contributed by atoms with Crippen LogP contribution in [0.4, 0.5) is 10.5 Å². The van der Waals surface area contributed by atoms with E-state index < -0.39 is 14.4 Å². The van der Waals surface area contributed by atoms with Crippen LogP contribution in [0.5, 0.6) is 11.5 Å². The summed E-state index contributed by atoms with van der Waals surface area (Å²) in [5.74, 6) is 2.07. The Labute approximate surface area is 272 Å². The van der Waals surface area contributed by atoms with Crippen molar-refractivity contribution in [3.63, 3.8) is 0 Å². The van der Waals surface area contributed by atoms with Crippen LogP contribution in [0.2, 0.25) is 16.6 Å². The van der Waals surface area contributed by atoms with E-state index >= 15 is 0 Å². The molecule has 1 unspecified atom stereocenters. The van der Waals surface area contributed by atoms with Gasteiger partial charge in [-0.25, -0.2) is 9.79 Å². The van der Waals surface area contributed by atoms with Gasteiger partial charge >= 0.3 is 6.09 Å². The molecule has 0 spiro atoms. The lowest BCUT2D eigenvalue weighted by molar-refractivity contribution is 0.182. The van der Waals surface area contributed by atoms with E-state index in [2.05, 4.69) is 63.6 Å². The molecule has 0 aliphatic heterocycles. The lowest BCUT2D eigenvalue weighted by Gasteiger charge is -2.44. The summed E-state index contributed by atoms with van der Waals surface area (Å²) in [6.07, 6.45) is 0.788. The summed E-state index contributed by atoms with van der Waals surface area (Å²) in [4.78, 5) is 25.9. The lowest BCUT2D eigenvalue weighted by atomic mass is 10.0. The van der Waals surface area contributed by atoms with E-state index in [0.29, 0.717) is 61.8 Å². The van der Waals surface area contributed by atoms with Gasteiger partial charge in [-0.15, -0.1) is 11.8 Å². The number of rotatable bonds is 12. The number of methoxy groups -OCH3 is 3. The summed E-state index contributed by atoms with van der Waals surface area (Å²) in [5.41, 5.74) is 4.55. The summed E-state index contributed by atoms with van der Waals surface area (Å²) >= 11 is 1.29. The maximum absolute atomic E-state index is 12.4. The molecule has 1 amide bonds. The van der Waals surface area contributed by atoms with E-state index in [1.165, 1.54) is 18.9 Å². The second-order valence-corrected chi connectivity index (χ2v) is 17.8. The molecule has 1 aromatic heterocycles. The first kappa shape index (κ1) is 36.0. The second kappa shape index (κ2) is 15.7. The summed E-state index contributed by atoms with van der Waals surface area (Å²) < 4.78 is 28.9. The Morgan fingerprint density at radius 1 is 0.933 bits per heavy atom. The number of aromatic nitrogens is 2. The zero-order valence-corrected chi connectivity index (χ0v) is 30.2. The van der Waals surface area contributed by atoms with Crippen molar-refractivity contribution in [2.24, 2.45) is 9.98 Å². The van der Waals surface area contributed by atoms with Crippen molar-refractivity contribution in [2.45, 2.75) is 78.1 Å². The van der Waals surface area contributed by atoms with Crippen LogP contribution in [0.25, 0.3) is 11.4 Å². The van der Waals surface area contributed by atoms with Crippen LogP contribution in [-0.2, 0) is 9.16 Å². The van der Waals surface area contributed by atoms with Crippen LogP contribution >= 0.6 is 11.8 Å². The zero-order valence-electron chi connectivity index (χ0n) is 28.4. The number of carbonyl (C=O) groups excluding carboxylic acids is 1. The number of aliphatic imine (C=N–C) groups is 2. The van der Waals surface area contributed by atoms with Crippen LogP contribution in [0.3, 0.4) is 0 Å². The minimum atomic E-state index is -2.26. The SMILES string of the molecule is COC(=O)N=C(SC)C(=Nc1ccc(-c2noc(C)n2)cc1)c1cc(OC)c(OC)c(C(C)O[Si](C(C)C)(C(C)C)C(C)C)c1. The zero-order chi connectivity index (χ0) is 33.5. The number of ether oxygens (including phenoxy) is 3. The number of hydrogen-bond acceptors (Lipinski definition) is 10. The molecule has 12 heteroatoms. The first-order valence-electron chi connectivity index (χ1n) is 15.0. The Bertz CT molecular complexity index is 1500. The van der Waals surface area contributed by atoms with E-state index in [4.69, 9.17) is 28.2 Å². The molecule has 45 heavy (non-hydrogen) atoms. The number of thioether (sulfide) groups is 1. The average molecular weight is 655 g/mol. The van der Waals surface area contributed by atoms with Gasteiger partial charge in [-0.2, -0.15) is 9.98 Å². The van der Waals surface area contributed by atoms with Gasteiger partial charge in [-0.3, -0.25) is 0 Å². The standard InChI is InChI=1S/C33H46N4O6SSi/c1-19(2)45(20(3)4,21(5)6)43-22(7)27-17-25(18-28(39-9)30(27)40-10)29(32(44-12)36-33(38)41-11)35-26-15-13-24(14-16-26)31-34-23(8)42-37-31/h13-22H,1-12H3. The smallest absolute Gasteiger partial charge is 0.434 e. The van der Waals surface area contributed by atoms with Crippen LogP contribution < -0.4 is 9.47 Å². The highest BCUT2D eigenvalue weighted by molar-refractivity contribution is 8.15. The first-order chi connectivity index (χ1) is 21.3. The molecule has 0 radical (unpaired) electrons. The largest absolute Gasteiger partial charge is 0.493 e. The van der Waals surface area contributed by atoms with Gasteiger partial charge in [-0.05, 0) is 66.2 Å². The Morgan fingerprint density at radius 3 is 2.02 bits per heavy atom. The minimum absolute atomic E-state index is 0.318. The van der Waals surface area contributed by atoms with Gasteiger partial charge in [0.1, 0.15) is 10.8 Å². The molecule has 0 fully saturated rings. The molecular weight excluding hydrogens is 609 g/mol. The van der Waals surface area contributed by atoms with E-state index in [1.807, 2.05) is 42.7 Å². The number of nitrogens with zero attached hydrogens (tertiary/aromatic N) is 4. The molecule has 1 heterocycles. The predicted octanol–water partition coefficient (Wildman–Crippen LogP) is 8.96. The normalized spacial score (nSPS) is 13.5. The molecule has 1 atom stereocenters. The Balaban J connectivity index is 2.25. The van der Waals surface area contributed by atoms with Gasteiger partial charge in [-0.1, -0.05) is 46.7 Å². The maximum Gasteiger partial charge on any atom is 0.434 e. The van der Waals surface area contributed by atoms with Gasteiger partial charge in [0.05, 0.1) is 33.1 Å². The molecule has 3 aromatic rings. The molecular formula is C33H46N4O6SSi. The van der Waals surface area contributed by atoms with Crippen LogP contribution in [0.15, 0.2) is 50.9 Å². The quantitative estimate of drug-likeness (QED) is 0.107. The Hall–Kier alpha value is -3.48. The van der Waals surface area contributed by atoms with Crippen LogP contribution in [-0.4, -0.2) is 62.9 Å². The molecule has 0 N–H and O–H groups in total. The third kappa shape index (κ3) is 8.03. The highest BCUT2D eigenvalue weighted by atomic mass is 32.2. The van der Waals surface area contributed by atoms with Crippen LogP contribution in [0, 0.1) is 6.92 Å². The van der Waals surface area contributed by atoms with Crippen molar-refractivity contribution in [3.05, 3.63) is 53.4 Å². The molecule has 0 saturated heterocycles. The number of benzene rings is 2. The number of amides is 1. The van der Waals surface area contributed by atoms with Crippen molar-refractivity contribution >= 4 is 42.6 Å². The molecule has 0 aliphatic rings. The van der Waals surface area contributed by atoms with Crippen molar-refractivity contribution in [1.29, 1.82) is 0 Å². The second-order valence-electron chi connectivity index (χ2n) is 11.6. The first-order valence-corrected chi connectivity index (χ1v) is 18.3. The number of hydrogen-bond donors (Lipinski definition) is 0. The van der Waals surface area contributed by atoms with E-state index in [0.717, 1.165) is 11.1 Å². The van der Waals surface area contributed by atoms with Crippen molar-refractivity contribution in [1.82, 2.24) is 10.1 Å². The molecule has 0 saturated carbocycles. The molecule has 10 nitrogen and oxygen atoms in total. The van der Waals surface area contributed by atoms with Crippen molar-refractivity contribution in [3.8, 4) is 22.9 Å². The topological polar surface area (TPSA) is 118 Å². The number of aryl methyl sites for hydroxylation is 1. The van der Waals surface area contributed by atoms with Gasteiger partial charge < -0.3 is 23.2 Å². The molecule has 0 aliphatic carbocycles.